The van der Waals surface area contributed by atoms with Gasteiger partial charge < -0.3 is 9.84 Å². The summed E-state index contributed by atoms with van der Waals surface area (Å²) in [5.41, 5.74) is -0.440. The predicted molar refractivity (Wildman–Crippen MR) is 40.3 cm³/mol. The van der Waals surface area contributed by atoms with Crippen molar-refractivity contribution >= 4 is 5.97 Å². The van der Waals surface area contributed by atoms with Gasteiger partial charge in [0.1, 0.15) is 0 Å². The number of carbonyl (C=O) groups is 1. The van der Waals surface area contributed by atoms with Crippen molar-refractivity contribution in [2.45, 2.75) is 25.7 Å². The molecule has 0 heterocycles. The standard InChI is InChI=1S/C8H12F2O3/c9-6(10)7(12)13-5-8(4-11)2-1-3-8/h6,11H,1-5H2. The normalized spacial score (nSPS) is 19.7. The summed E-state index contributed by atoms with van der Waals surface area (Å²) in [6, 6.07) is 0. The van der Waals surface area contributed by atoms with Gasteiger partial charge >= 0.3 is 12.4 Å². The quantitative estimate of drug-likeness (QED) is 0.678. The van der Waals surface area contributed by atoms with Gasteiger partial charge in [0.15, 0.2) is 0 Å². The number of carbonyl (C=O) groups excluding carboxylic acids is 1. The van der Waals surface area contributed by atoms with Crippen LogP contribution in [-0.4, -0.2) is 30.7 Å². The van der Waals surface area contributed by atoms with Gasteiger partial charge in [-0.05, 0) is 12.8 Å². The fourth-order valence-electron chi connectivity index (χ4n) is 1.31. The number of ether oxygens (including phenoxy) is 1. The van der Waals surface area contributed by atoms with Crippen molar-refractivity contribution in [3.63, 3.8) is 0 Å². The van der Waals surface area contributed by atoms with E-state index in [0.29, 0.717) is 0 Å². The number of aliphatic hydroxyl groups excluding tert-OH is 1. The zero-order chi connectivity index (χ0) is 9.90. The van der Waals surface area contributed by atoms with Crippen molar-refractivity contribution in [2.75, 3.05) is 13.2 Å². The van der Waals surface area contributed by atoms with Gasteiger partial charge in [-0.25, -0.2) is 4.79 Å². The maximum absolute atomic E-state index is 11.7. The van der Waals surface area contributed by atoms with E-state index in [2.05, 4.69) is 4.74 Å². The van der Waals surface area contributed by atoms with E-state index in [-0.39, 0.29) is 13.2 Å². The number of halogens is 2. The van der Waals surface area contributed by atoms with Crippen molar-refractivity contribution in [2.24, 2.45) is 5.41 Å². The van der Waals surface area contributed by atoms with Crippen molar-refractivity contribution in [3.8, 4) is 0 Å². The third-order valence-electron chi connectivity index (χ3n) is 2.45. The van der Waals surface area contributed by atoms with E-state index in [4.69, 9.17) is 5.11 Å². The summed E-state index contributed by atoms with van der Waals surface area (Å²) < 4.78 is 27.7. The molecule has 0 saturated heterocycles. The van der Waals surface area contributed by atoms with E-state index in [1.165, 1.54) is 0 Å². The fraction of sp³-hybridized carbons (Fsp3) is 0.875. The molecule has 1 rings (SSSR count). The first-order valence-electron chi connectivity index (χ1n) is 4.15. The van der Waals surface area contributed by atoms with Crippen LogP contribution in [0, 0.1) is 5.41 Å². The summed E-state index contributed by atoms with van der Waals surface area (Å²) in [6.45, 7) is -0.198. The molecule has 1 saturated carbocycles. The Morgan fingerprint density at radius 3 is 2.46 bits per heavy atom. The molecule has 0 radical (unpaired) electrons. The molecule has 0 aromatic rings. The highest BCUT2D eigenvalue weighted by atomic mass is 19.3. The average Bonchev–Trinajstić information content (AvgIpc) is 2.02. The van der Waals surface area contributed by atoms with Crippen LogP contribution in [-0.2, 0) is 9.53 Å². The molecule has 13 heavy (non-hydrogen) atoms. The Morgan fingerprint density at radius 2 is 2.15 bits per heavy atom. The highest BCUT2D eigenvalue weighted by Gasteiger charge is 2.38. The number of aliphatic hydroxyl groups is 1. The molecule has 1 N–H and O–H groups in total. The lowest BCUT2D eigenvalue weighted by Gasteiger charge is -2.39. The smallest absolute Gasteiger partial charge is 0.373 e. The zero-order valence-electron chi connectivity index (χ0n) is 7.13. The zero-order valence-corrected chi connectivity index (χ0v) is 7.13. The van der Waals surface area contributed by atoms with Crippen molar-refractivity contribution in [3.05, 3.63) is 0 Å². The van der Waals surface area contributed by atoms with E-state index in [9.17, 15) is 13.6 Å². The molecule has 3 nitrogen and oxygen atoms in total. The minimum atomic E-state index is -3.07. The van der Waals surface area contributed by atoms with Gasteiger partial charge in [0.2, 0.25) is 0 Å². The second-order valence-electron chi connectivity index (χ2n) is 3.42. The van der Waals surface area contributed by atoms with Crippen LogP contribution in [0.4, 0.5) is 8.78 Å². The third-order valence-corrected chi connectivity index (χ3v) is 2.45. The lowest BCUT2D eigenvalue weighted by molar-refractivity contribution is -0.163. The molecular formula is C8H12F2O3. The Kier molecular flexibility index (Phi) is 3.19. The second kappa shape index (κ2) is 4.00. The van der Waals surface area contributed by atoms with Gasteiger partial charge in [-0.15, -0.1) is 0 Å². The summed E-state index contributed by atoms with van der Waals surface area (Å²) in [6.07, 6.45) is -0.650. The van der Waals surface area contributed by atoms with E-state index < -0.39 is 17.8 Å². The van der Waals surface area contributed by atoms with Gasteiger partial charge in [0, 0.05) is 5.41 Å². The molecule has 76 valence electrons. The molecule has 0 atom stereocenters. The molecule has 0 spiro atoms. The van der Waals surface area contributed by atoms with Crippen molar-refractivity contribution < 1.29 is 23.4 Å². The maximum Gasteiger partial charge on any atom is 0.373 e. The Morgan fingerprint density at radius 1 is 1.54 bits per heavy atom. The molecule has 1 aliphatic rings. The van der Waals surface area contributed by atoms with Gasteiger partial charge in [-0.2, -0.15) is 8.78 Å². The first-order valence-corrected chi connectivity index (χ1v) is 4.15. The Hall–Kier alpha value is -0.710. The topological polar surface area (TPSA) is 46.5 Å². The molecule has 1 aliphatic carbocycles. The minimum absolute atomic E-state index is 0.0906. The molecule has 0 bridgehead atoms. The molecule has 0 unspecified atom stereocenters. The van der Waals surface area contributed by atoms with E-state index in [1.54, 1.807) is 0 Å². The summed E-state index contributed by atoms with van der Waals surface area (Å²) in [5, 5.41) is 8.91. The number of esters is 1. The summed E-state index contributed by atoms with van der Waals surface area (Å²) >= 11 is 0. The van der Waals surface area contributed by atoms with Crippen LogP contribution in [0.1, 0.15) is 19.3 Å². The summed E-state index contributed by atoms with van der Waals surface area (Å²) in [4.78, 5) is 10.4. The second-order valence-corrected chi connectivity index (χ2v) is 3.42. The van der Waals surface area contributed by atoms with Gasteiger partial charge in [-0.1, -0.05) is 6.42 Å². The molecular weight excluding hydrogens is 182 g/mol. The SMILES string of the molecule is O=C(OCC1(CO)CCC1)C(F)F. The first kappa shape index (κ1) is 10.4. The number of hydrogen-bond acceptors (Lipinski definition) is 3. The van der Waals surface area contributed by atoms with Gasteiger partial charge in [0.25, 0.3) is 0 Å². The Balaban J connectivity index is 2.28. The van der Waals surface area contributed by atoms with Crippen molar-refractivity contribution in [1.29, 1.82) is 0 Å². The summed E-state index contributed by atoms with van der Waals surface area (Å²) in [5.74, 6) is -1.50. The van der Waals surface area contributed by atoms with Crippen LogP contribution in [0.25, 0.3) is 0 Å². The van der Waals surface area contributed by atoms with E-state index >= 15 is 0 Å². The number of rotatable bonds is 4. The van der Waals surface area contributed by atoms with Crippen LogP contribution in [0.3, 0.4) is 0 Å². The minimum Gasteiger partial charge on any atom is -0.461 e. The maximum atomic E-state index is 11.7. The number of alkyl halides is 2. The average molecular weight is 194 g/mol. The van der Waals surface area contributed by atoms with Crippen LogP contribution in [0.15, 0.2) is 0 Å². The first-order chi connectivity index (χ1) is 6.09. The highest BCUT2D eigenvalue weighted by molar-refractivity contribution is 5.72. The van der Waals surface area contributed by atoms with Crippen LogP contribution in [0.5, 0.6) is 0 Å². The van der Waals surface area contributed by atoms with E-state index in [1.807, 2.05) is 0 Å². The van der Waals surface area contributed by atoms with Gasteiger partial charge in [0.05, 0.1) is 13.2 Å². The molecule has 0 aliphatic heterocycles. The molecule has 0 aromatic carbocycles. The van der Waals surface area contributed by atoms with Crippen molar-refractivity contribution in [1.82, 2.24) is 0 Å². The third kappa shape index (κ3) is 2.37. The number of hydrogen-bond donors (Lipinski definition) is 1. The van der Waals surface area contributed by atoms with Gasteiger partial charge in [-0.3, -0.25) is 0 Å². The van der Waals surface area contributed by atoms with Crippen LogP contribution < -0.4 is 0 Å². The predicted octanol–water partition coefficient (Wildman–Crippen LogP) is 0.957. The summed E-state index contributed by atoms with van der Waals surface area (Å²) in [7, 11) is 0. The highest BCUT2D eigenvalue weighted by Crippen LogP contribution is 2.40. The molecule has 0 amide bonds. The lowest BCUT2D eigenvalue weighted by Crippen LogP contribution is -2.39. The van der Waals surface area contributed by atoms with Crippen LogP contribution >= 0.6 is 0 Å². The molecule has 5 heteroatoms. The fourth-order valence-corrected chi connectivity index (χ4v) is 1.31. The Labute approximate surface area is 74.7 Å². The molecule has 0 aromatic heterocycles. The van der Waals surface area contributed by atoms with E-state index in [0.717, 1.165) is 19.3 Å². The molecule has 1 fully saturated rings. The van der Waals surface area contributed by atoms with Crippen LogP contribution in [0.2, 0.25) is 0 Å². The largest absolute Gasteiger partial charge is 0.461 e. The Bertz CT molecular complexity index is 184. The monoisotopic (exact) mass is 194 g/mol. The lowest BCUT2D eigenvalue weighted by atomic mass is 9.70.